The molecule has 0 heterocycles. The van der Waals surface area contributed by atoms with E-state index in [1.807, 2.05) is 0 Å². The molecule has 2 heteroatoms. The first-order valence-electron chi connectivity index (χ1n) is 8.19. The molecule has 0 nitrogen and oxygen atoms in total. The first-order valence-corrected chi connectivity index (χ1v) is 11.0. The Kier molecular flexibility index (Phi) is 7.21. The van der Waals surface area contributed by atoms with E-state index >= 15 is 0 Å². The van der Waals surface area contributed by atoms with Gasteiger partial charge in [-0.15, -0.1) is 0 Å². The summed E-state index contributed by atoms with van der Waals surface area (Å²) in [4.78, 5) is 0. The summed E-state index contributed by atoms with van der Waals surface area (Å²) in [5.41, 5.74) is 4.40. The standard InChI is InChI=1S/C22H24P.BrH/c1-23(17-20-11-5-2-6-12-20,18-21-13-7-3-8-14-21)19-22-15-9-4-10-16-22;/h2-16H,17-19H2,1H3;1H/q+1;/p-1. The van der Waals surface area contributed by atoms with Gasteiger partial charge in [-0.05, 0) is 16.7 Å². The molecule has 0 radical (unpaired) electrons. The number of rotatable bonds is 6. The van der Waals surface area contributed by atoms with Crippen molar-refractivity contribution in [3.8, 4) is 0 Å². The van der Waals surface area contributed by atoms with Crippen molar-refractivity contribution in [1.82, 2.24) is 0 Å². The average molecular weight is 399 g/mol. The van der Waals surface area contributed by atoms with Gasteiger partial charge < -0.3 is 17.0 Å². The van der Waals surface area contributed by atoms with Crippen LogP contribution in [0.4, 0.5) is 0 Å². The van der Waals surface area contributed by atoms with Crippen LogP contribution in [0.1, 0.15) is 16.7 Å². The third-order valence-corrected chi connectivity index (χ3v) is 7.61. The molecule has 0 unspecified atom stereocenters. The monoisotopic (exact) mass is 398 g/mol. The maximum Gasteiger partial charge on any atom is 0.0846 e. The highest BCUT2D eigenvalue weighted by atomic mass is 79.9. The summed E-state index contributed by atoms with van der Waals surface area (Å²) < 4.78 is 0. The Morgan fingerprint density at radius 1 is 0.500 bits per heavy atom. The molecule has 0 aliphatic carbocycles. The first kappa shape index (κ1) is 18.9. The van der Waals surface area contributed by atoms with Crippen LogP contribution in [0.2, 0.25) is 0 Å². The minimum atomic E-state index is -1.14. The van der Waals surface area contributed by atoms with Crippen LogP contribution in [0.15, 0.2) is 91.0 Å². The van der Waals surface area contributed by atoms with Crippen molar-refractivity contribution in [3.05, 3.63) is 108 Å². The van der Waals surface area contributed by atoms with Gasteiger partial charge in [0, 0.05) is 13.9 Å². The van der Waals surface area contributed by atoms with Crippen molar-refractivity contribution in [1.29, 1.82) is 0 Å². The van der Waals surface area contributed by atoms with E-state index in [4.69, 9.17) is 0 Å². The zero-order valence-electron chi connectivity index (χ0n) is 14.1. The minimum absolute atomic E-state index is 0. The zero-order chi connectivity index (χ0) is 16.0. The second-order valence-corrected chi connectivity index (χ2v) is 10.7. The molecule has 0 aliphatic heterocycles. The van der Waals surface area contributed by atoms with Crippen LogP contribution in [0.3, 0.4) is 0 Å². The van der Waals surface area contributed by atoms with E-state index in [-0.39, 0.29) is 17.0 Å². The molecule has 0 amide bonds. The molecule has 0 saturated carbocycles. The molecule has 0 saturated heterocycles. The van der Waals surface area contributed by atoms with Crippen LogP contribution in [-0.4, -0.2) is 6.66 Å². The fourth-order valence-corrected chi connectivity index (χ4v) is 6.85. The fraction of sp³-hybridized carbons (Fsp3) is 0.182. The molecule has 0 atom stereocenters. The fourth-order valence-electron chi connectivity index (χ4n) is 3.24. The molecular weight excluding hydrogens is 375 g/mol. The summed E-state index contributed by atoms with van der Waals surface area (Å²) in [6, 6.07) is 32.9. The van der Waals surface area contributed by atoms with E-state index in [9.17, 15) is 0 Å². The summed E-state index contributed by atoms with van der Waals surface area (Å²) >= 11 is 0. The quantitative estimate of drug-likeness (QED) is 0.559. The zero-order valence-corrected chi connectivity index (χ0v) is 16.6. The molecule has 0 N–H and O–H groups in total. The Morgan fingerprint density at radius 3 is 1.00 bits per heavy atom. The molecule has 0 aromatic heterocycles. The largest absolute Gasteiger partial charge is 1.00 e. The average Bonchev–Trinajstić information content (AvgIpc) is 2.57. The molecule has 0 aliphatic rings. The molecule has 0 fully saturated rings. The van der Waals surface area contributed by atoms with Crippen LogP contribution in [0, 0.1) is 0 Å². The Bertz CT molecular complexity index is 609. The third-order valence-electron chi connectivity index (χ3n) is 4.22. The van der Waals surface area contributed by atoms with Gasteiger partial charge in [0.25, 0.3) is 0 Å². The molecule has 0 bridgehead atoms. The van der Waals surface area contributed by atoms with Crippen LogP contribution in [0.25, 0.3) is 0 Å². The molecule has 3 aromatic carbocycles. The Hall–Kier alpha value is -1.43. The predicted octanol–water partition coefficient (Wildman–Crippen LogP) is 3.24. The Labute approximate surface area is 157 Å². The number of hydrogen-bond donors (Lipinski definition) is 0. The second kappa shape index (κ2) is 9.16. The lowest BCUT2D eigenvalue weighted by atomic mass is 10.2. The van der Waals surface area contributed by atoms with E-state index in [2.05, 4.69) is 97.7 Å². The van der Waals surface area contributed by atoms with Crippen LogP contribution in [-0.2, 0) is 18.5 Å². The maximum atomic E-state index is 2.53. The second-order valence-electron chi connectivity index (χ2n) is 6.55. The number of halogens is 1. The van der Waals surface area contributed by atoms with Crippen LogP contribution in [0.5, 0.6) is 0 Å². The van der Waals surface area contributed by atoms with Gasteiger partial charge in [-0.25, -0.2) is 0 Å². The maximum absolute atomic E-state index is 2.53. The van der Waals surface area contributed by atoms with Crippen molar-refractivity contribution < 1.29 is 17.0 Å². The van der Waals surface area contributed by atoms with Crippen molar-refractivity contribution in [2.75, 3.05) is 6.66 Å². The van der Waals surface area contributed by atoms with E-state index in [0.29, 0.717) is 0 Å². The Morgan fingerprint density at radius 2 is 0.750 bits per heavy atom. The molecule has 0 spiro atoms. The summed E-state index contributed by atoms with van der Waals surface area (Å²) in [5.74, 6) is 0. The molecule has 3 rings (SSSR count). The first-order chi connectivity index (χ1) is 11.2. The van der Waals surface area contributed by atoms with Crippen molar-refractivity contribution >= 4 is 7.26 Å². The lowest BCUT2D eigenvalue weighted by Gasteiger charge is -2.24. The van der Waals surface area contributed by atoms with Gasteiger partial charge in [0.05, 0.1) is 18.5 Å². The van der Waals surface area contributed by atoms with Crippen molar-refractivity contribution in [2.24, 2.45) is 0 Å². The lowest BCUT2D eigenvalue weighted by molar-refractivity contribution is -0.00000489. The summed E-state index contributed by atoms with van der Waals surface area (Å²) in [6.45, 7) is 2.53. The smallest absolute Gasteiger partial charge is 0.0846 e. The normalized spacial score (nSPS) is 10.9. The molecule has 3 aromatic rings. The Balaban J connectivity index is 0.00000208. The number of hydrogen-bond acceptors (Lipinski definition) is 0. The molecule has 24 heavy (non-hydrogen) atoms. The van der Waals surface area contributed by atoms with Gasteiger partial charge in [0.15, 0.2) is 0 Å². The lowest BCUT2D eigenvalue weighted by Crippen LogP contribution is -3.00. The van der Waals surface area contributed by atoms with Gasteiger partial charge in [0.2, 0.25) is 0 Å². The topological polar surface area (TPSA) is 0 Å². The van der Waals surface area contributed by atoms with E-state index in [0.717, 1.165) is 0 Å². The highest BCUT2D eigenvalue weighted by Gasteiger charge is 2.32. The third kappa shape index (κ3) is 5.58. The van der Waals surface area contributed by atoms with Crippen molar-refractivity contribution in [3.63, 3.8) is 0 Å². The van der Waals surface area contributed by atoms with Gasteiger partial charge in [-0.3, -0.25) is 0 Å². The minimum Gasteiger partial charge on any atom is -1.00 e. The van der Waals surface area contributed by atoms with Crippen LogP contribution < -0.4 is 17.0 Å². The van der Waals surface area contributed by atoms with Gasteiger partial charge in [0.1, 0.15) is 0 Å². The van der Waals surface area contributed by atoms with Crippen LogP contribution >= 0.6 is 7.26 Å². The van der Waals surface area contributed by atoms with Crippen molar-refractivity contribution in [2.45, 2.75) is 18.5 Å². The van der Waals surface area contributed by atoms with Gasteiger partial charge in [-0.2, -0.15) is 0 Å². The summed E-state index contributed by atoms with van der Waals surface area (Å²) in [5, 5.41) is 0. The van der Waals surface area contributed by atoms with E-state index < -0.39 is 7.26 Å². The molecule has 124 valence electrons. The predicted molar refractivity (Wildman–Crippen MR) is 103 cm³/mol. The highest BCUT2D eigenvalue weighted by Crippen LogP contribution is 2.63. The molecular formula is C22H24BrP. The van der Waals surface area contributed by atoms with E-state index in [1.165, 1.54) is 35.2 Å². The summed E-state index contributed by atoms with van der Waals surface area (Å²) in [7, 11) is -1.14. The SMILES string of the molecule is C[P+](Cc1ccccc1)(Cc1ccccc1)Cc1ccccc1.[Br-]. The van der Waals surface area contributed by atoms with Gasteiger partial charge in [-0.1, -0.05) is 91.0 Å². The summed E-state index contributed by atoms with van der Waals surface area (Å²) in [6.07, 6.45) is 3.62. The van der Waals surface area contributed by atoms with E-state index in [1.54, 1.807) is 0 Å². The number of benzene rings is 3. The highest BCUT2D eigenvalue weighted by molar-refractivity contribution is 7.72. The van der Waals surface area contributed by atoms with Gasteiger partial charge >= 0.3 is 0 Å².